The molecule has 2 aromatic carbocycles. The number of aliphatic carboxylic acids is 1. The minimum atomic E-state index is -0.931. The number of nitro groups is 1. The van der Waals surface area contributed by atoms with Crippen molar-refractivity contribution in [3.8, 4) is 0 Å². The topological polar surface area (TPSA) is 92.5 Å². The van der Waals surface area contributed by atoms with Crippen LogP contribution in [0, 0.1) is 17.0 Å². The first-order valence-corrected chi connectivity index (χ1v) is 6.29. The Balaban J connectivity index is 2.32. The number of benzene rings is 2. The van der Waals surface area contributed by atoms with Crippen LogP contribution in [0.4, 0.5) is 17.1 Å². The monoisotopic (exact) mass is 286 g/mol. The zero-order valence-corrected chi connectivity index (χ0v) is 11.4. The zero-order valence-electron chi connectivity index (χ0n) is 11.4. The van der Waals surface area contributed by atoms with Gasteiger partial charge in [0.2, 0.25) is 0 Å². The van der Waals surface area contributed by atoms with Crippen molar-refractivity contribution in [3.63, 3.8) is 0 Å². The van der Waals surface area contributed by atoms with Crippen LogP contribution in [-0.2, 0) is 11.2 Å². The third kappa shape index (κ3) is 3.56. The molecule has 0 spiro atoms. The second-order valence-corrected chi connectivity index (χ2v) is 4.61. The lowest BCUT2D eigenvalue weighted by atomic mass is 10.1. The third-order valence-electron chi connectivity index (χ3n) is 3.04. The number of nitrogens with one attached hydrogen (secondary N) is 1. The van der Waals surface area contributed by atoms with Gasteiger partial charge in [-0.1, -0.05) is 24.3 Å². The average Bonchev–Trinajstić information content (AvgIpc) is 2.42. The number of aryl methyl sites for hydroxylation is 1. The number of carboxylic acid groups (broad SMARTS) is 1. The SMILES string of the molecule is Cc1ccc(Nc2ccccc2CC(=O)O)cc1[N+](=O)[O-]. The number of nitro benzene ring substituents is 1. The highest BCUT2D eigenvalue weighted by atomic mass is 16.6. The lowest BCUT2D eigenvalue weighted by Crippen LogP contribution is -2.04. The first-order chi connectivity index (χ1) is 9.97. The molecule has 0 amide bonds. The summed E-state index contributed by atoms with van der Waals surface area (Å²) in [5.74, 6) is -0.931. The number of rotatable bonds is 5. The smallest absolute Gasteiger partial charge is 0.307 e. The molecule has 0 atom stereocenters. The van der Waals surface area contributed by atoms with Crippen LogP contribution in [0.3, 0.4) is 0 Å². The van der Waals surface area contributed by atoms with Gasteiger partial charge in [-0.2, -0.15) is 0 Å². The molecule has 0 fully saturated rings. The van der Waals surface area contributed by atoms with Gasteiger partial charge < -0.3 is 10.4 Å². The van der Waals surface area contributed by atoms with E-state index >= 15 is 0 Å². The lowest BCUT2D eigenvalue weighted by molar-refractivity contribution is -0.385. The molecule has 0 unspecified atom stereocenters. The molecule has 0 aliphatic heterocycles. The number of hydrogen-bond donors (Lipinski definition) is 2. The second-order valence-electron chi connectivity index (χ2n) is 4.61. The Morgan fingerprint density at radius 3 is 2.67 bits per heavy atom. The molecule has 0 radical (unpaired) electrons. The van der Waals surface area contributed by atoms with Gasteiger partial charge in [0, 0.05) is 23.0 Å². The molecule has 0 aliphatic rings. The average molecular weight is 286 g/mol. The van der Waals surface area contributed by atoms with Crippen molar-refractivity contribution in [1.29, 1.82) is 0 Å². The first-order valence-electron chi connectivity index (χ1n) is 6.29. The van der Waals surface area contributed by atoms with Crippen molar-refractivity contribution in [2.75, 3.05) is 5.32 Å². The molecular weight excluding hydrogens is 272 g/mol. The van der Waals surface area contributed by atoms with Crippen molar-refractivity contribution >= 4 is 23.0 Å². The van der Waals surface area contributed by atoms with E-state index in [1.54, 1.807) is 43.3 Å². The fraction of sp³-hybridized carbons (Fsp3) is 0.133. The number of anilines is 2. The van der Waals surface area contributed by atoms with E-state index in [0.717, 1.165) is 0 Å². The van der Waals surface area contributed by atoms with Crippen LogP contribution < -0.4 is 5.32 Å². The summed E-state index contributed by atoms with van der Waals surface area (Å²) in [5, 5.41) is 22.9. The molecule has 6 nitrogen and oxygen atoms in total. The van der Waals surface area contributed by atoms with Gasteiger partial charge in [-0.25, -0.2) is 0 Å². The molecule has 2 N–H and O–H groups in total. The summed E-state index contributed by atoms with van der Waals surface area (Å²) in [5.41, 5.74) is 2.39. The minimum Gasteiger partial charge on any atom is -0.481 e. The maximum absolute atomic E-state index is 10.9. The van der Waals surface area contributed by atoms with Crippen LogP contribution in [0.15, 0.2) is 42.5 Å². The van der Waals surface area contributed by atoms with Crippen LogP contribution in [0.1, 0.15) is 11.1 Å². The highest BCUT2D eigenvalue weighted by Crippen LogP contribution is 2.26. The van der Waals surface area contributed by atoms with Crippen molar-refractivity contribution in [3.05, 3.63) is 63.7 Å². The van der Waals surface area contributed by atoms with E-state index in [4.69, 9.17) is 5.11 Å². The van der Waals surface area contributed by atoms with Gasteiger partial charge in [0.1, 0.15) is 0 Å². The van der Waals surface area contributed by atoms with Crippen LogP contribution in [0.5, 0.6) is 0 Å². The number of hydrogen-bond acceptors (Lipinski definition) is 4. The number of para-hydroxylation sites is 1. The maximum Gasteiger partial charge on any atom is 0.307 e. The molecule has 2 rings (SSSR count). The summed E-state index contributed by atoms with van der Waals surface area (Å²) >= 11 is 0. The number of nitrogens with zero attached hydrogens (tertiary/aromatic N) is 1. The van der Waals surface area contributed by atoms with Crippen molar-refractivity contribution in [1.82, 2.24) is 0 Å². The van der Waals surface area contributed by atoms with E-state index in [9.17, 15) is 14.9 Å². The normalized spacial score (nSPS) is 10.1. The molecule has 0 aromatic heterocycles. The molecular formula is C15H14N2O4. The molecule has 108 valence electrons. The predicted octanol–water partition coefficient (Wildman–Crippen LogP) is 3.27. The Morgan fingerprint density at radius 2 is 2.00 bits per heavy atom. The molecule has 0 aliphatic carbocycles. The standard InChI is InChI=1S/C15H14N2O4/c1-10-6-7-12(9-14(10)17(20)21)16-13-5-3-2-4-11(13)8-15(18)19/h2-7,9,16H,8H2,1H3,(H,18,19). The van der Waals surface area contributed by atoms with Crippen LogP contribution in [-0.4, -0.2) is 16.0 Å². The van der Waals surface area contributed by atoms with Crippen LogP contribution >= 0.6 is 0 Å². The van der Waals surface area contributed by atoms with Gasteiger partial charge in [0.15, 0.2) is 0 Å². The third-order valence-corrected chi connectivity index (χ3v) is 3.04. The Bertz CT molecular complexity index is 698. The van der Waals surface area contributed by atoms with Crippen molar-refractivity contribution < 1.29 is 14.8 Å². The van der Waals surface area contributed by atoms with Gasteiger partial charge in [-0.3, -0.25) is 14.9 Å². The molecule has 0 heterocycles. The number of carboxylic acids is 1. The van der Waals surface area contributed by atoms with Gasteiger partial charge >= 0.3 is 5.97 Å². The molecule has 6 heteroatoms. The summed E-state index contributed by atoms with van der Waals surface area (Å²) < 4.78 is 0. The molecule has 0 bridgehead atoms. The highest BCUT2D eigenvalue weighted by Gasteiger charge is 2.12. The summed E-state index contributed by atoms with van der Waals surface area (Å²) in [6.07, 6.45) is -0.114. The maximum atomic E-state index is 10.9. The minimum absolute atomic E-state index is 0.0238. The first kappa shape index (κ1) is 14.5. The summed E-state index contributed by atoms with van der Waals surface area (Å²) in [7, 11) is 0. The highest BCUT2D eigenvalue weighted by molar-refractivity contribution is 5.75. The predicted molar refractivity (Wildman–Crippen MR) is 78.9 cm³/mol. The fourth-order valence-corrected chi connectivity index (χ4v) is 2.00. The fourth-order valence-electron chi connectivity index (χ4n) is 2.00. The lowest BCUT2D eigenvalue weighted by Gasteiger charge is -2.11. The summed E-state index contributed by atoms with van der Waals surface area (Å²) in [6, 6.07) is 11.8. The zero-order chi connectivity index (χ0) is 15.4. The van der Waals surface area contributed by atoms with E-state index < -0.39 is 10.9 Å². The Kier molecular flexibility index (Phi) is 4.18. The van der Waals surface area contributed by atoms with E-state index in [0.29, 0.717) is 22.5 Å². The van der Waals surface area contributed by atoms with Gasteiger partial charge in [-0.15, -0.1) is 0 Å². The number of carbonyl (C=O) groups is 1. The molecule has 0 saturated carbocycles. The van der Waals surface area contributed by atoms with Gasteiger partial charge in [-0.05, 0) is 24.6 Å². The van der Waals surface area contributed by atoms with Crippen molar-refractivity contribution in [2.45, 2.75) is 13.3 Å². The Hall–Kier alpha value is -2.89. The molecule has 0 saturated heterocycles. The second kappa shape index (κ2) is 6.04. The van der Waals surface area contributed by atoms with E-state index in [1.165, 1.54) is 6.07 Å². The van der Waals surface area contributed by atoms with Crippen molar-refractivity contribution in [2.24, 2.45) is 0 Å². The quantitative estimate of drug-likeness (QED) is 0.650. The van der Waals surface area contributed by atoms with E-state index in [1.807, 2.05) is 0 Å². The molecule has 2 aromatic rings. The Morgan fingerprint density at radius 1 is 1.29 bits per heavy atom. The van der Waals surface area contributed by atoms with E-state index in [2.05, 4.69) is 5.32 Å². The van der Waals surface area contributed by atoms with Crippen LogP contribution in [0.25, 0.3) is 0 Å². The van der Waals surface area contributed by atoms with Gasteiger partial charge in [0.25, 0.3) is 5.69 Å². The van der Waals surface area contributed by atoms with E-state index in [-0.39, 0.29) is 12.1 Å². The Labute approximate surface area is 121 Å². The van der Waals surface area contributed by atoms with Crippen LogP contribution in [0.2, 0.25) is 0 Å². The largest absolute Gasteiger partial charge is 0.481 e. The summed E-state index contributed by atoms with van der Waals surface area (Å²) in [6.45, 7) is 1.67. The van der Waals surface area contributed by atoms with Gasteiger partial charge in [0.05, 0.1) is 11.3 Å². The summed E-state index contributed by atoms with van der Waals surface area (Å²) in [4.78, 5) is 21.3. The molecule has 21 heavy (non-hydrogen) atoms.